The van der Waals surface area contributed by atoms with Crippen LogP contribution < -0.4 is 4.74 Å². The lowest BCUT2D eigenvalue weighted by Gasteiger charge is -2.17. The Morgan fingerprint density at radius 3 is 2.68 bits per heavy atom. The van der Waals surface area contributed by atoms with Crippen LogP contribution in [0.2, 0.25) is 0 Å². The number of ether oxygens (including phenoxy) is 1. The van der Waals surface area contributed by atoms with Crippen LogP contribution in [0, 0.1) is 5.92 Å². The molecule has 1 aliphatic rings. The van der Waals surface area contributed by atoms with E-state index in [4.69, 9.17) is 9.84 Å². The zero-order valence-electron chi connectivity index (χ0n) is 15.4. The molecule has 5 heteroatoms. The number of carbonyl (C=O) groups is 2. The summed E-state index contributed by atoms with van der Waals surface area (Å²) in [6.45, 7) is 1.11. The van der Waals surface area contributed by atoms with Crippen LogP contribution in [-0.2, 0) is 22.7 Å². The first-order valence-corrected chi connectivity index (χ1v) is 9.29. The number of amides is 1. The lowest BCUT2D eigenvalue weighted by atomic mass is 10.1. The van der Waals surface area contributed by atoms with E-state index in [1.165, 1.54) is 10.8 Å². The topological polar surface area (TPSA) is 66.8 Å². The minimum absolute atomic E-state index is 0.0760. The zero-order chi connectivity index (χ0) is 19.5. The first-order valence-electron chi connectivity index (χ1n) is 9.29. The average Bonchev–Trinajstić information content (AvgIpc) is 3.07. The second-order valence-electron chi connectivity index (χ2n) is 7.09. The van der Waals surface area contributed by atoms with Crippen LogP contribution in [0.3, 0.4) is 0 Å². The van der Waals surface area contributed by atoms with Crippen LogP contribution >= 0.6 is 0 Å². The van der Waals surface area contributed by atoms with Gasteiger partial charge in [-0.1, -0.05) is 54.6 Å². The molecule has 1 unspecified atom stereocenters. The van der Waals surface area contributed by atoms with E-state index in [1.54, 1.807) is 4.90 Å². The molecule has 142 valence electrons. The Labute approximate surface area is 163 Å². The second kappa shape index (κ2) is 7.72. The summed E-state index contributed by atoms with van der Waals surface area (Å²) in [5.74, 6) is -0.914. The van der Waals surface area contributed by atoms with Gasteiger partial charge in [-0.25, -0.2) is 0 Å². The summed E-state index contributed by atoms with van der Waals surface area (Å²) in [7, 11) is 0. The maximum atomic E-state index is 12.0. The molecule has 0 aliphatic carbocycles. The highest BCUT2D eigenvalue weighted by atomic mass is 16.5. The van der Waals surface area contributed by atoms with E-state index in [2.05, 4.69) is 24.3 Å². The van der Waals surface area contributed by atoms with Crippen molar-refractivity contribution in [2.45, 2.75) is 19.6 Å². The molecule has 1 atom stereocenters. The molecular weight excluding hydrogens is 354 g/mol. The fourth-order valence-electron chi connectivity index (χ4n) is 3.62. The van der Waals surface area contributed by atoms with Crippen molar-refractivity contribution in [3.8, 4) is 5.75 Å². The van der Waals surface area contributed by atoms with Gasteiger partial charge in [0.1, 0.15) is 12.4 Å². The number of aliphatic carboxylic acids is 1. The Morgan fingerprint density at radius 2 is 1.86 bits per heavy atom. The van der Waals surface area contributed by atoms with E-state index in [9.17, 15) is 9.59 Å². The van der Waals surface area contributed by atoms with Crippen molar-refractivity contribution in [3.05, 3.63) is 77.9 Å². The molecule has 1 N–H and O–H groups in total. The van der Waals surface area contributed by atoms with Gasteiger partial charge in [0, 0.05) is 19.5 Å². The summed E-state index contributed by atoms with van der Waals surface area (Å²) >= 11 is 0. The molecule has 1 aliphatic heterocycles. The maximum Gasteiger partial charge on any atom is 0.308 e. The van der Waals surface area contributed by atoms with Crippen molar-refractivity contribution in [2.24, 2.45) is 5.92 Å². The molecule has 3 aromatic carbocycles. The lowest BCUT2D eigenvalue weighted by Crippen LogP contribution is -2.25. The summed E-state index contributed by atoms with van der Waals surface area (Å²) < 4.78 is 5.99. The van der Waals surface area contributed by atoms with Crippen LogP contribution in [-0.4, -0.2) is 28.4 Å². The molecule has 1 fully saturated rings. The molecule has 0 aromatic heterocycles. The highest BCUT2D eigenvalue weighted by molar-refractivity contribution is 5.86. The van der Waals surface area contributed by atoms with Crippen molar-refractivity contribution in [1.82, 2.24) is 4.90 Å². The third-order valence-electron chi connectivity index (χ3n) is 5.11. The number of hydrogen-bond acceptors (Lipinski definition) is 3. The van der Waals surface area contributed by atoms with E-state index in [0.29, 0.717) is 13.2 Å². The average molecular weight is 375 g/mol. The predicted molar refractivity (Wildman–Crippen MR) is 106 cm³/mol. The van der Waals surface area contributed by atoms with Crippen molar-refractivity contribution < 1.29 is 19.4 Å². The Kier molecular flexibility index (Phi) is 4.98. The van der Waals surface area contributed by atoms with Crippen LogP contribution in [0.5, 0.6) is 5.75 Å². The molecule has 1 heterocycles. The predicted octanol–water partition coefficient (Wildman–Crippen LogP) is 3.85. The molecule has 0 spiro atoms. The quantitative estimate of drug-likeness (QED) is 0.711. The van der Waals surface area contributed by atoms with Gasteiger partial charge in [-0.2, -0.15) is 0 Å². The summed E-state index contributed by atoms with van der Waals surface area (Å²) in [6, 6.07) is 22.0. The van der Waals surface area contributed by atoms with Crippen LogP contribution in [0.15, 0.2) is 66.7 Å². The molecule has 0 radical (unpaired) electrons. The SMILES string of the molecule is O=C(O)C1CC(=O)N(Cc2cccc(OCc3cccc4ccccc34)c2)C1. The van der Waals surface area contributed by atoms with E-state index in [1.807, 2.05) is 42.5 Å². The minimum atomic E-state index is -0.914. The molecule has 0 bridgehead atoms. The number of fused-ring (bicyclic) bond motifs is 1. The first kappa shape index (κ1) is 18.0. The smallest absolute Gasteiger partial charge is 0.308 e. The lowest BCUT2D eigenvalue weighted by molar-refractivity contribution is -0.141. The molecule has 1 amide bonds. The number of carboxylic acids is 1. The molecular formula is C23H21NO4. The molecule has 5 nitrogen and oxygen atoms in total. The number of nitrogens with zero attached hydrogens (tertiary/aromatic N) is 1. The van der Waals surface area contributed by atoms with E-state index < -0.39 is 11.9 Å². The standard InChI is InChI=1S/C23H21NO4/c25-22-12-19(23(26)27)14-24(22)13-16-5-3-9-20(11-16)28-15-18-8-4-7-17-6-1-2-10-21(17)18/h1-11,19H,12-15H2,(H,26,27). The summed E-state index contributed by atoms with van der Waals surface area (Å²) in [5.41, 5.74) is 2.04. The zero-order valence-corrected chi connectivity index (χ0v) is 15.4. The third kappa shape index (κ3) is 3.83. The molecule has 3 aromatic rings. The minimum Gasteiger partial charge on any atom is -0.489 e. The number of likely N-dealkylation sites (tertiary alicyclic amines) is 1. The van der Waals surface area contributed by atoms with Crippen LogP contribution in [0.1, 0.15) is 17.5 Å². The summed E-state index contributed by atoms with van der Waals surface area (Å²) in [5, 5.41) is 11.5. The number of carboxylic acid groups (broad SMARTS) is 1. The Bertz CT molecular complexity index is 1020. The molecule has 4 rings (SSSR count). The van der Waals surface area contributed by atoms with Gasteiger partial charge in [-0.15, -0.1) is 0 Å². The fraction of sp³-hybridized carbons (Fsp3) is 0.217. The van der Waals surface area contributed by atoms with Crippen LogP contribution in [0.25, 0.3) is 10.8 Å². The number of benzene rings is 3. The van der Waals surface area contributed by atoms with Crippen molar-refractivity contribution >= 4 is 22.6 Å². The first-order chi connectivity index (χ1) is 13.6. The van der Waals surface area contributed by atoms with E-state index in [0.717, 1.165) is 16.9 Å². The number of carbonyl (C=O) groups excluding carboxylic acids is 1. The third-order valence-corrected chi connectivity index (χ3v) is 5.11. The number of hydrogen-bond donors (Lipinski definition) is 1. The molecule has 1 saturated heterocycles. The van der Waals surface area contributed by atoms with Gasteiger partial charge in [-0.3, -0.25) is 9.59 Å². The molecule has 0 saturated carbocycles. The largest absolute Gasteiger partial charge is 0.489 e. The normalized spacial score (nSPS) is 16.5. The second-order valence-corrected chi connectivity index (χ2v) is 7.09. The van der Waals surface area contributed by atoms with Gasteiger partial charge >= 0.3 is 5.97 Å². The summed E-state index contributed by atoms with van der Waals surface area (Å²) in [6.07, 6.45) is 0.0760. The highest BCUT2D eigenvalue weighted by Gasteiger charge is 2.34. The van der Waals surface area contributed by atoms with Gasteiger partial charge in [0.05, 0.1) is 5.92 Å². The van der Waals surface area contributed by atoms with Gasteiger partial charge in [-0.05, 0) is 34.0 Å². The van der Waals surface area contributed by atoms with Crippen molar-refractivity contribution in [3.63, 3.8) is 0 Å². The highest BCUT2D eigenvalue weighted by Crippen LogP contribution is 2.24. The van der Waals surface area contributed by atoms with Crippen molar-refractivity contribution in [2.75, 3.05) is 6.54 Å². The van der Waals surface area contributed by atoms with E-state index in [-0.39, 0.29) is 18.9 Å². The molecule has 28 heavy (non-hydrogen) atoms. The monoisotopic (exact) mass is 375 g/mol. The van der Waals surface area contributed by atoms with E-state index >= 15 is 0 Å². The number of rotatable bonds is 6. The maximum absolute atomic E-state index is 12.0. The Morgan fingerprint density at radius 1 is 1.07 bits per heavy atom. The Balaban J connectivity index is 1.44. The Hall–Kier alpha value is -3.34. The van der Waals surface area contributed by atoms with Gasteiger partial charge < -0.3 is 14.7 Å². The fourth-order valence-corrected chi connectivity index (χ4v) is 3.62. The van der Waals surface area contributed by atoms with Gasteiger partial charge in [0.2, 0.25) is 5.91 Å². The van der Waals surface area contributed by atoms with Gasteiger partial charge in [0.25, 0.3) is 0 Å². The van der Waals surface area contributed by atoms with Crippen molar-refractivity contribution in [1.29, 1.82) is 0 Å². The van der Waals surface area contributed by atoms with Gasteiger partial charge in [0.15, 0.2) is 0 Å². The van der Waals surface area contributed by atoms with Crippen LogP contribution in [0.4, 0.5) is 0 Å². The summed E-state index contributed by atoms with van der Waals surface area (Å²) in [4.78, 5) is 24.8.